The first-order chi connectivity index (χ1) is 8.44. The number of nitrogens with zero attached hydrogens (tertiary/aromatic N) is 1. The molecule has 96 valence electrons. The van der Waals surface area contributed by atoms with E-state index in [0.717, 1.165) is 5.56 Å². The molecule has 1 aromatic carbocycles. The van der Waals surface area contributed by atoms with Crippen LogP contribution in [-0.2, 0) is 11.2 Å². The van der Waals surface area contributed by atoms with E-state index in [0.29, 0.717) is 12.4 Å². The molecule has 0 aromatic heterocycles. The molecule has 1 unspecified atom stereocenters. The number of carbonyl (C=O) groups excluding carboxylic acids is 1. The molecular weight excluding hydrogens is 226 g/mol. The van der Waals surface area contributed by atoms with Gasteiger partial charge in [-0.15, -0.1) is 0 Å². The summed E-state index contributed by atoms with van der Waals surface area (Å²) in [6.07, 6.45) is 0.641. The third-order valence-electron chi connectivity index (χ3n) is 2.59. The molecule has 0 radical (unpaired) electrons. The monoisotopic (exact) mass is 245 g/mol. The lowest BCUT2D eigenvalue weighted by Crippen LogP contribution is -2.46. The summed E-state index contributed by atoms with van der Waals surface area (Å²) in [4.78, 5) is 16.2. The summed E-state index contributed by atoms with van der Waals surface area (Å²) in [5.41, 5.74) is 1.02. The summed E-state index contributed by atoms with van der Waals surface area (Å²) in [5, 5.41) is 5.96. The minimum atomic E-state index is -0.322. The van der Waals surface area contributed by atoms with E-state index in [1.165, 1.54) is 0 Å². The van der Waals surface area contributed by atoms with Crippen LogP contribution in [0.25, 0.3) is 0 Å². The minimum absolute atomic E-state index is 0.0365. The zero-order chi connectivity index (χ0) is 13.2. The SMILES string of the molecule is CC(C)(C)NC1=NC(Cc2ccccc2)C(=O)N1. The van der Waals surface area contributed by atoms with Crippen LogP contribution in [0.1, 0.15) is 26.3 Å². The van der Waals surface area contributed by atoms with Crippen molar-refractivity contribution in [1.82, 2.24) is 10.6 Å². The Kier molecular flexibility index (Phi) is 3.36. The molecule has 18 heavy (non-hydrogen) atoms. The maximum absolute atomic E-state index is 11.8. The molecule has 1 aliphatic heterocycles. The molecule has 4 heteroatoms. The van der Waals surface area contributed by atoms with Crippen molar-refractivity contribution in [3.05, 3.63) is 35.9 Å². The van der Waals surface area contributed by atoms with Crippen molar-refractivity contribution in [2.45, 2.75) is 38.8 Å². The van der Waals surface area contributed by atoms with Gasteiger partial charge in [0.05, 0.1) is 0 Å². The van der Waals surface area contributed by atoms with Crippen LogP contribution in [0.15, 0.2) is 35.3 Å². The molecule has 0 spiro atoms. The van der Waals surface area contributed by atoms with Gasteiger partial charge in [-0.25, -0.2) is 4.99 Å². The van der Waals surface area contributed by atoms with Crippen molar-refractivity contribution in [2.24, 2.45) is 4.99 Å². The van der Waals surface area contributed by atoms with E-state index in [4.69, 9.17) is 0 Å². The van der Waals surface area contributed by atoms with Gasteiger partial charge in [-0.3, -0.25) is 10.1 Å². The molecule has 2 N–H and O–H groups in total. The van der Waals surface area contributed by atoms with E-state index in [1.54, 1.807) is 0 Å². The van der Waals surface area contributed by atoms with Crippen LogP contribution in [0.4, 0.5) is 0 Å². The number of nitrogens with one attached hydrogen (secondary N) is 2. The van der Waals surface area contributed by atoms with Crippen LogP contribution in [0.5, 0.6) is 0 Å². The Morgan fingerprint density at radius 3 is 2.56 bits per heavy atom. The highest BCUT2D eigenvalue weighted by Crippen LogP contribution is 2.10. The molecule has 1 atom stereocenters. The topological polar surface area (TPSA) is 53.5 Å². The minimum Gasteiger partial charge on any atom is -0.351 e. The Hall–Kier alpha value is -1.84. The molecule has 1 aromatic rings. The van der Waals surface area contributed by atoms with Gasteiger partial charge in [-0.05, 0) is 26.3 Å². The molecule has 0 aliphatic carbocycles. The maximum atomic E-state index is 11.8. The Bertz CT molecular complexity index is 460. The van der Waals surface area contributed by atoms with E-state index in [2.05, 4.69) is 15.6 Å². The number of rotatable bonds is 2. The number of guanidine groups is 1. The molecule has 2 rings (SSSR count). The fourth-order valence-electron chi connectivity index (χ4n) is 1.84. The van der Waals surface area contributed by atoms with Crippen molar-refractivity contribution in [2.75, 3.05) is 0 Å². The standard InChI is InChI=1S/C14H19N3O/c1-14(2,3)17-13-15-11(12(18)16-13)9-10-7-5-4-6-8-10/h4-8,11H,9H2,1-3H3,(H2,15,16,17,18). The highest BCUT2D eigenvalue weighted by Gasteiger charge is 2.28. The van der Waals surface area contributed by atoms with Crippen LogP contribution in [0.2, 0.25) is 0 Å². The van der Waals surface area contributed by atoms with Gasteiger partial charge < -0.3 is 5.32 Å². The van der Waals surface area contributed by atoms with E-state index < -0.39 is 0 Å². The van der Waals surface area contributed by atoms with Crippen LogP contribution in [0, 0.1) is 0 Å². The molecule has 4 nitrogen and oxygen atoms in total. The van der Waals surface area contributed by atoms with Gasteiger partial charge in [-0.1, -0.05) is 30.3 Å². The Morgan fingerprint density at radius 1 is 1.28 bits per heavy atom. The summed E-state index contributed by atoms with van der Waals surface area (Å²) in [7, 11) is 0. The molecule has 0 saturated carbocycles. The maximum Gasteiger partial charge on any atom is 0.251 e. The van der Waals surface area contributed by atoms with Crippen molar-refractivity contribution in [3.63, 3.8) is 0 Å². The molecule has 1 heterocycles. The number of amides is 1. The van der Waals surface area contributed by atoms with E-state index in [9.17, 15) is 4.79 Å². The van der Waals surface area contributed by atoms with Crippen molar-refractivity contribution in [1.29, 1.82) is 0 Å². The van der Waals surface area contributed by atoms with Crippen LogP contribution in [-0.4, -0.2) is 23.4 Å². The predicted octanol–water partition coefficient (Wildman–Crippen LogP) is 1.47. The van der Waals surface area contributed by atoms with Gasteiger partial charge in [0.15, 0.2) is 5.96 Å². The normalized spacial score (nSPS) is 19.4. The lowest BCUT2D eigenvalue weighted by Gasteiger charge is -2.21. The van der Waals surface area contributed by atoms with Crippen molar-refractivity contribution < 1.29 is 4.79 Å². The van der Waals surface area contributed by atoms with Gasteiger partial charge in [-0.2, -0.15) is 0 Å². The Morgan fingerprint density at radius 2 is 1.94 bits per heavy atom. The van der Waals surface area contributed by atoms with Crippen LogP contribution < -0.4 is 10.6 Å². The predicted molar refractivity (Wildman–Crippen MR) is 72.4 cm³/mol. The third kappa shape index (κ3) is 3.32. The van der Waals surface area contributed by atoms with Gasteiger partial charge in [0.2, 0.25) is 0 Å². The summed E-state index contributed by atoms with van der Waals surface area (Å²) < 4.78 is 0. The van der Waals surface area contributed by atoms with Crippen LogP contribution >= 0.6 is 0 Å². The molecule has 0 saturated heterocycles. The molecule has 1 amide bonds. The molecular formula is C14H19N3O. The van der Waals surface area contributed by atoms with Crippen molar-refractivity contribution >= 4 is 11.9 Å². The molecule has 0 bridgehead atoms. The van der Waals surface area contributed by atoms with E-state index >= 15 is 0 Å². The first-order valence-corrected chi connectivity index (χ1v) is 6.15. The smallest absolute Gasteiger partial charge is 0.251 e. The molecule has 1 aliphatic rings. The number of carbonyl (C=O) groups is 1. The first-order valence-electron chi connectivity index (χ1n) is 6.15. The average molecular weight is 245 g/mol. The van der Waals surface area contributed by atoms with Gasteiger partial charge in [0, 0.05) is 12.0 Å². The summed E-state index contributed by atoms with van der Waals surface area (Å²) >= 11 is 0. The number of benzene rings is 1. The van der Waals surface area contributed by atoms with E-state index in [-0.39, 0.29) is 17.5 Å². The second kappa shape index (κ2) is 4.80. The van der Waals surface area contributed by atoms with Gasteiger partial charge in [0.1, 0.15) is 6.04 Å². The van der Waals surface area contributed by atoms with Gasteiger partial charge >= 0.3 is 0 Å². The fraction of sp³-hybridized carbons (Fsp3) is 0.429. The lowest BCUT2D eigenvalue weighted by atomic mass is 10.1. The van der Waals surface area contributed by atoms with E-state index in [1.807, 2.05) is 51.1 Å². The first kappa shape index (κ1) is 12.6. The zero-order valence-electron chi connectivity index (χ0n) is 11.0. The number of hydrogen-bond donors (Lipinski definition) is 2. The second-order valence-electron chi connectivity index (χ2n) is 5.55. The highest BCUT2D eigenvalue weighted by atomic mass is 16.2. The average Bonchev–Trinajstić information content (AvgIpc) is 2.58. The highest BCUT2D eigenvalue weighted by molar-refractivity contribution is 6.05. The summed E-state index contributed by atoms with van der Waals surface area (Å²) in [5.74, 6) is 0.541. The fourth-order valence-corrected chi connectivity index (χ4v) is 1.84. The number of aliphatic imine (C=N–C) groups is 1. The second-order valence-corrected chi connectivity index (χ2v) is 5.55. The Balaban J connectivity index is 2.04. The summed E-state index contributed by atoms with van der Waals surface area (Å²) in [6.45, 7) is 6.10. The largest absolute Gasteiger partial charge is 0.351 e. The Labute approximate surface area is 108 Å². The molecule has 0 fully saturated rings. The van der Waals surface area contributed by atoms with Crippen molar-refractivity contribution in [3.8, 4) is 0 Å². The zero-order valence-corrected chi connectivity index (χ0v) is 11.0. The third-order valence-corrected chi connectivity index (χ3v) is 2.59. The van der Waals surface area contributed by atoms with Crippen LogP contribution in [0.3, 0.4) is 0 Å². The van der Waals surface area contributed by atoms with Gasteiger partial charge in [0.25, 0.3) is 5.91 Å². The summed E-state index contributed by atoms with van der Waals surface area (Å²) in [6, 6.07) is 9.61. The lowest BCUT2D eigenvalue weighted by molar-refractivity contribution is -0.120. The quantitative estimate of drug-likeness (QED) is 0.829. The number of hydrogen-bond acceptors (Lipinski definition) is 3.